The molecule has 9 heavy (non-hydrogen) atoms. The van der Waals surface area contributed by atoms with Crippen LogP contribution >= 0.6 is 0 Å². The molecule has 0 radical (unpaired) electrons. The second-order valence-corrected chi connectivity index (χ2v) is 2.31. The van der Waals surface area contributed by atoms with Crippen LogP contribution in [-0.4, -0.2) is 28.5 Å². The lowest BCUT2D eigenvalue weighted by Crippen LogP contribution is -2.43. The highest BCUT2D eigenvalue weighted by Gasteiger charge is 2.23. The second-order valence-electron chi connectivity index (χ2n) is 2.31. The van der Waals surface area contributed by atoms with Crippen LogP contribution in [0.4, 0.5) is 0 Å². The molecule has 1 aliphatic rings. The predicted octanol–water partition coefficient (Wildman–Crippen LogP) is -1.00. The molecule has 1 rings (SSSR count). The maximum absolute atomic E-state index is 9.02. The van der Waals surface area contributed by atoms with Gasteiger partial charge in [-0.25, -0.2) is 0 Å². The summed E-state index contributed by atoms with van der Waals surface area (Å²) in [6.45, 7) is 0. The van der Waals surface area contributed by atoms with Gasteiger partial charge in [-0.3, -0.25) is 0 Å². The Hall–Kier alpha value is -0.380. The van der Waals surface area contributed by atoms with Crippen molar-refractivity contribution in [2.45, 2.75) is 24.7 Å². The monoisotopic (exact) mass is 129 g/mol. The van der Waals surface area contributed by atoms with Crippen molar-refractivity contribution in [1.29, 1.82) is 0 Å². The average molecular weight is 129 g/mol. The van der Waals surface area contributed by atoms with E-state index < -0.39 is 12.2 Å². The van der Waals surface area contributed by atoms with Crippen molar-refractivity contribution >= 4 is 0 Å². The third-order valence-electron chi connectivity index (χ3n) is 1.53. The highest BCUT2D eigenvalue weighted by molar-refractivity contribution is 5.03. The molecular formula is C6H11NO2. The first-order valence-corrected chi connectivity index (χ1v) is 3.00. The molecule has 0 aromatic rings. The molecule has 0 heterocycles. The van der Waals surface area contributed by atoms with E-state index in [1.165, 1.54) is 0 Å². The average Bonchev–Trinajstić information content (AvgIpc) is 1.83. The number of hydrogen-bond acceptors (Lipinski definition) is 3. The molecule has 0 aromatic carbocycles. The van der Waals surface area contributed by atoms with E-state index in [2.05, 4.69) is 0 Å². The van der Waals surface area contributed by atoms with Gasteiger partial charge in [-0.2, -0.15) is 0 Å². The maximum atomic E-state index is 9.02. The summed E-state index contributed by atoms with van der Waals surface area (Å²) >= 11 is 0. The number of nitrogens with two attached hydrogens (primary N) is 1. The third-order valence-corrected chi connectivity index (χ3v) is 1.53. The zero-order chi connectivity index (χ0) is 6.85. The molecule has 3 atom stereocenters. The Morgan fingerprint density at radius 2 is 2.11 bits per heavy atom. The van der Waals surface area contributed by atoms with Gasteiger partial charge in [0, 0.05) is 6.04 Å². The molecule has 0 amide bonds. The van der Waals surface area contributed by atoms with Gasteiger partial charge in [-0.15, -0.1) is 0 Å². The first-order chi connectivity index (χ1) is 4.22. The number of rotatable bonds is 0. The zero-order valence-electron chi connectivity index (χ0n) is 5.07. The van der Waals surface area contributed by atoms with E-state index >= 15 is 0 Å². The van der Waals surface area contributed by atoms with Crippen molar-refractivity contribution < 1.29 is 10.2 Å². The van der Waals surface area contributed by atoms with E-state index in [1.54, 1.807) is 12.2 Å². The Kier molecular flexibility index (Phi) is 1.85. The van der Waals surface area contributed by atoms with Crippen LogP contribution in [0, 0.1) is 0 Å². The van der Waals surface area contributed by atoms with Crippen molar-refractivity contribution in [3.63, 3.8) is 0 Å². The zero-order valence-corrected chi connectivity index (χ0v) is 5.07. The summed E-state index contributed by atoms with van der Waals surface area (Å²) in [5.74, 6) is 0. The highest BCUT2D eigenvalue weighted by Crippen LogP contribution is 2.09. The Morgan fingerprint density at radius 3 is 2.56 bits per heavy atom. The lowest BCUT2D eigenvalue weighted by atomic mass is 9.97. The molecule has 3 unspecified atom stereocenters. The normalized spacial score (nSPS) is 43.2. The molecule has 52 valence electrons. The van der Waals surface area contributed by atoms with E-state index in [0.29, 0.717) is 6.42 Å². The fourth-order valence-corrected chi connectivity index (χ4v) is 0.882. The molecule has 0 bridgehead atoms. The summed E-state index contributed by atoms with van der Waals surface area (Å²) in [5, 5.41) is 18.0. The highest BCUT2D eigenvalue weighted by atomic mass is 16.3. The molecule has 3 heteroatoms. The van der Waals surface area contributed by atoms with E-state index in [9.17, 15) is 0 Å². The standard InChI is InChI=1S/C6H11NO2/c7-4-2-1-3-5(8)6(4)9/h1,3-6,8-9H,2,7H2. The van der Waals surface area contributed by atoms with Crippen LogP contribution in [0.5, 0.6) is 0 Å². The van der Waals surface area contributed by atoms with Gasteiger partial charge >= 0.3 is 0 Å². The summed E-state index contributed by atoms with van der Waals surface area (Å²) < 4.78 is 0. The summed E-state index contributed by atoms with van der Waals surface area (Å²) in [7, 11) is 0. The SMILES string of the molecule is NC1CC=CC(O)C1O. The van der Waals surface area contributed by atoms with Crippen LogP contribution in [0.3, 0.4) is 0 Å². The summed E-state index contributed by atoms with van der Waals surface area (Å²) in [6, 6.07) is -0.301. The minimum absolute atomic E-state index is 0.301. The van der Waals surface area contributed by atoms with E-state index in [1.807, 2.05) is 0 Å². The quantitative estimate of drug-likeness (QED) is 0.367. The van der Waals surface area contributed by atoms with Gasteiger partial charge in [0.15, 0.2) is 0 Å². The van der Waals surface area contributed by atoms with Crippen LogP contribution in [-0.2, 0) is 0 Å². The van der Waals surface area contributed by atoms with Gasteiger partial charge in [0.25, 0.3) is 0 Å². The Bertz CT molecular complexity index is 124. The van der Waals surface area contributed by atoms with Crippen LogP contribution < -0.4 is 5.73 Å². The van der Waals surface area contributed by atoms with Gasteiger partial charge in [-0.05, 0) is 6.42 Å². The van der Waals surface area contributed by atoms with Gasteiger partial charge in [-0.1, -0.05) is 12.2 Å². The molecule has 0 aromatic heterocycles. The Morgan fingerprint density at radius 1 is 1.44 bits per heavy atom. The summed E-state index contributed by atoms with van der Waals surface area (Å²) in [4.78, 5) is 0. The van der Waals surface area contributed by atoms with Gasteiger partial charge in [0.1, 0.15) is 0 Å². The molecular weight excluding hydrogens is 118 g/mol. The topological polar surface area (TPSA) is 66.5 Å². The number of hydrogen-bond donors (Lipinski definition) is 3. The second kappa shape index (κ2) is 2.47. The van der Waals surface area contributed by atoms with Gasteiger partial charge in [0.2, 0.25) is 0 Å². The summed E-state index contributed by atoms with van der Waals surface area (Å²) in [5.41, 5.74) is 5.41. The molecule has 0 aliphatic heterocycles. The van der Waals surface area contributed by atoms with Crippen molar-refractivity contribution in [3.8, 4) is 0 Å². The van der Waals surface area contributed by atoms with Crippen LogP contribution in [0.25, 0.3) is 0 Å². The number of aliphatic hydroxyl groups excluding tert-OH is 2. The van der Waals surface area contributed by atoms with Crippen molar-refractivity contribution in [3.05, 3.63) is 12.2 Å². The molecule has 4 N–H and O–H groups in total. The Labute approximate surface area is 53.8 Å². The maximum Gasteiger partial charge on any atom is 0.0995 e. The van der Waals surface area contributed by atoms with E-state index in [-0.39, 0.29) is 6.04 Å². The molecule has 0 spiro atoms. The van der Waals surface area contributed by atoms with Gasteiger partial charge in [0.05, 0.1) is 12.2 Å². The number of aliphatic hydroxyl groups is 2. The predicted molar refractivity (Wildman–Crippen MR) is 33.7 cm³/mol. The van der Waals surface area contributed by atoms with E-state index in [0.717, 1.165) is 0 Å². The van der Waals surface area contributed by atoms with Crippen LogP contribution in [0.15, 0.2) is 12.2 Å². The fourth-order valence-electron chi connectivity index (χ4n) is 0.882. The van der Waals surface area contributed by atoms with E-state index in [4.69, 9.17) is 15.9 Å². The first kappa shape index (κ1) is 6.74. The van der Waals surface area contributed by atoms with Crippen molar-refractivity contribution in [1.82, 2.24) is 0 Å². The van der Waals surface area contributed by atoms with Crippen LogP contribution in [0.1, 0.15) is 6.42 Å². The molecule has 3 nitrogen and oxygen atoms in total. The lowest BCUT2D eigenvalue weighted by Gasteiger charge is -2.24. The molecule has 1 aliphatic carbocycles. The fraction of sp³-hybridized carbons (Fsp3) is 0.667. The summed E-state index contributed by atoms with van der Waals surface area (Å²) in [6.07, 6.45) is 2.44. The third kappa shape index (κ3) is 1.30. The molecule has 0 saturated carbocycles. The Balaban J connectivity index is 2.58. The minimum Gasteiger partial charge on any atom is -0.388 e. The first-order valence-electron chi connectivity index (χ1n) is 3.00. The van der Waals surface area contributed by atoms with Crippen molar-refractivity contribution in [2.75, 3.05) is 0 Å². The van der Waals surface area contributed by atoms with Crippen LogP contribution in [0.2, 0.25) is 0 Å². The minimum atomic E-state index is -0.782. The van der Waals surface area contributed by atoms with Crippen molar-refractivity contribution in [2.24, 2.45) is 5.73 Å². The molecule has 0 fully saturated rings. The van der Waals surface area contributed by atoms with Gasteiger partial charge < -0.3 is 15.9 Å². The lowest BCUT2D eigenvalue weighted by molar-refractivity contribution is 0.0265. The largest absolute Gasteiger partial charge is 0.388 e. The molecule has 0 saturated heterocycles. The smallest absolute Gasteiger partial charge is 0.0995 e.